The molecule has 0 spiro atoms. The third-order valence-electron chi connectivity index (χ3n) is 12.9. The van der Waals surface area contributed by atoms with E-state index in [0.29, 0.717) is 28.2 Å². The molecule has 0 aliphatic carbocycles. The van der Waals surface area contributed by atoms with Gasteiger partial charge in [0.1, 0.15) is 5.82 Å². The molecule has 0 unspecified atom stereocenters. The minimum absolute atomic E-state index is 0. The maximum absolute atomic E-state index is 9.07. The molecular formula is C64H45N5OPt-2. The van der Waals surface area contributed by atoms with Gasteiger partial charge in [0.05, 0.1) is 41.5 Å². The quantitative estimate of drug-likeness (QED) is 0.112. The van der Waals surface area contributed by atoms with Gasteiger partial charge in [-0.1, -0.05) is 177 Å². The van der Waals surface area contributed by atoms with Crippen molar-refractivity contribution in [2.24, 2.45) is 0 Å². The van der Waals surface area contributed by atoms with Crippen LogP contribution in [-0.2, 0) is 26.5 Å². The fourth-order valence-electron chi connectivity index (χ4n) is 9.73. The molecule has 0 amide bonds. The van der Waals surface area contributed by atoms with Crippen molar-refractivity contribution < 1.29 is 44.1 Å². The van der Waals surface area contributed by atoms with Crippen LogP contribution in [0.3, 0.4) is 0 Å². The molecule has 71 heavy (non-hydrogen) atoms. The molecule has 6 nitrogen and oxygen atoms in total. The Morgan fingerprint density at radius 1 is 0.563 bits per heavy atom. The molecule has 0 N–H and O–H groups in total. The van der Waals surface area contributed by atoms with Crippen molar-refractivity contribution >= 4 is 54.6 Å². The van der Waals surface area contributed by atoms with Crippen molar-refractivity contribution in [2.75, 3.05) is 0 Å². The molecule has 0 fully saturated rings. The van der Waals surface area contributed by atoms with Crippen LogP contribution in [0.25, 0.3) is 99.8 Å². The number of ether oxygens (including phenoxy) is 1. The zero-order valence-corrected chi connectivity index (χ0v) is 40.7. The number of rotatable bonds is 8. The van der Waals surface area contributed by atoms with Crippen LogP contribution in [0.5, 0.6) is 11.5 Å². The molecule has 4 aromatic heterocycles. The van der Waals surface area contributed by atoms with Gasteiger partial charge in [0, 0.05) is 60.7 Å². The first-order chi connectivity index (χ1) is 38.5. The Morgan fingerprint density at radius 2 is 1.17 bits per heavy atom. The van der Waals surface area contributed by atoms with Gasteiger partial charge in [0.15, 0.2) is 0 Å². The van der Waals surface area contributed by atoms with E-state index in [1.165, 1.54) is 0 Å². The van der Waals surface area contributed by atoms with E-state index >= 15 is 0 Å². The minimum atomic E-state index is -0.576. The number of benzene rings is 9. The van der Waals surface area contributed by atoms with Crippen LogP contribution in [0.4, 0.5) is 0 Å². The van der Waals surface area contributed by atoms with Crippen molar-refractivity contribution in [3.05, 3.63) is 242 Å². The number of fused-ring (bicyclic) bond motifs is 7. The second-order valence-corrected chi connectivity index (χ2v) is 18.1. The predicted molar refractivity (Wildman–Crippen MR) is 284 cm³/mol. The molecule has 7 heteroatoms. The first-order valence-electron chi connectivity index (χ1n) is 27.9. The SMILES string of the molecule is [2H]c1c([2H])c([2H])c(-c2cccc(-c3c([2H])c([2H])c([2H])c([2H])c3[2H])c2-[n+]2[c-]n(-c3[c-]c(Oc4[c-]c5c(cc4)c4c(-n6c7ccccc7c7ccccc76)cccc4n5-c4cc(C(C)(C)C)ccn4)ccc3)c3ccccc32)c([2H])c1[2H].[Pt]. The normalized spacial score (nSPS) is 13.7. The Balaban J connectivity index is 0.00000651. The Morgan fingerprint density at radius 3 is 1.86 bits per heavy atom. The molecule has 0 radical (unpaired) electrons. The van der Waals surface area contributed by atoms with Crippen LogP contribution < -0.4 is 9.30 Å². The van der Waals surface area contributed by atoms with Crippen LogP contribution in [-0.4, -0.2) is 18.7 Å². The van der Waals surface area contributed by atoms with Gasteiger partial charge in [-0.2, -0.15) is 18.2 Å². The summed E-state index contributed by atoms with van der Waals surface area (Å²) in [5.74, 6) is 1.48. The first-order valence-corrected chi connectivity index (χ1v) is 22.9. The summed E-state index contributed by atoms with van der Waals surface area (Å²) >= 11 is 0. The number of aromatic nitrogens is 5. The second-order valence-electron chi connectivity index (χ2n) is 18.1. The Bertz CT molecular complexity index is 4570. The number of pyridine rings is 1. The summed E-state index contributed by atoms with van der Waals surface area (Å²) in [6.45, 7) is 6.54. The van der Waals surface area contributed by atoms with Gasteiger partial charge in [-0.25, -0.2) is 4.98 Å². The van der Waals surface area contributed by atoms with Gasteiger partial charge in [-0.15, -0.1) is 24.3 Å². The van der Waals surface area contributed by atoms with Gasteiger partial charge >= 0.3 is 0 Å². The van der Waals surface area contributed by atoms with Gasteiger partial charge in [0.25, 0.3) is 6.33 Å². The number of imidazole rings is 1. The van der Waals surface area contributed by atoms with Crippen molar-refractivity contribution in [2.45, 2.75) is 26.2 Å². The largest absolute Gasteiger partial charge is 0.510 e. The summed E-state index contributed by atoms with van der Waals surface area (Å²) in [6, 6.07) is 50.7. The van der Waals surface area contributed by atoms with Crippen molar-refractivity contribution in [3.8, 4) is 56.6 Å². The average Bonchev–Trinajstić information content (AvgIpc) is 4.35. The van der Waals surface area contributed by atoms with Crippen molar-refractivity contribution in [1.29, 1.82) is 0 Å². The summed E-state index contributed by atoms with van der Waals surface area (Å²) in [5, 5.41) is 4.26. The number of nitrogens with zero attached hydrogens (tertiary/aromatic N) is 5. The number of hydrogen-bond acceptors (Lipinski definition) is 2. The molecular weight excluding hydrogens is 1050 g/mol. The van der Waals surface area contributed by atoms with E-state index in [9.17, 15) is 0 Å². The fraction of sp³-hybridized carbons (Fsp3) is 0.0625. The monoisotopic (exact) mass is 1100 g/mol. The molecule has 0 atom stereocenters. The third kappa shape index (κ3) is 7.46. The van der Waals surface area contributed by atoms with E-state index in [2.05, 4.69) is 127 Å². The topological polar surface area (TPSA) is 40.8 Å². The summed E-state index contributed by atoms with van der Waals surface area (Å²) in [4.78, 5) is 4.98. The molecule has 13 rings (SSSR count). The van der Waals surface area contributed by atoms with Gasteiger partial charge in [-0.05, 0) is 80.7 Å². The predicted octanol–water partition coefficient (Wildman–Crippen LogP) is 15.3. The molecule has 344 valence electrons. The number of para-hydroxylation sites is 5. The second kappa shape index (κ2) is 17.6. The molecule has 0 bridgehead atoms. The van der Waals surface area contributed by atoms with E-state index in [0.717, 1.165) is 60.7 Å². The summed E-state index contributed by atoms with van der Waals surface area (Å²) < 4.78 is 102. The van der Waals surface area contributed by atoms with Crippen molar-refractivity contribution in [1.82, 2.24) is 18.7 Å². The zero-order chi connectivity index (χ0) is 55.6. The van der Waals surface area contributed by atoms with Crippen LogP contribution in [0.15, 0.2) is 218 Å². The molecule has 4 heterocycles. The van der Waals surface area contributed by atoms with Gasteiger partial charge in [-0.3, -0.25) is 4.57 Å². The molecule has 9 aromatic carbocycles. The Hall–Kier alpha value is -8.31. The summed E-state index contributed by atoms with van der Waals surface area (Å²) in [7, 11) is 0. The number of hydrogen-bond donors (Lipinski definition) is 0. The first kappa shape index (κ1) is 34.1. The van der Waals surface area contributed by atoms with E-state index in [1.54, 1.807) is 33.4 Å². The third-order valence-corrected chi connectivity index (χ3v) is 12.9. The van der Waals surface area contributed by atoms with E-state index in [1.807, 2.05) is 54.7 Å². The minimum Gasteiger partial charge on any atom is -0.510 e. The van der Waals surface area contributed by atoms with Gasteiger partial charge < -0.3 is 18.4 Å². The van der Waals surface area contributed by atoms with E-state index in [-0.39, 0.29) is 54.4 Å². The maximum atomic E-state index is 9.07. The zero-order valence-electron chi connectivity index (χ0n) is 48.5. The molecule has 0 saturated heterocycles. The smallest absolute Gasteiger partial charge is 0.268 e. The fourth-order valence-corrected chi connectivity index (χ4v) is 9.73. The summed E-state index contributed by atoms with van der Waals surface area (Å²) in [5.41, 5.74) is 7.57. The maximum Gasteiger partial charge on any atom is 0.268 e. The van der Waals surface area contributed by atoms with E-state index in [4.69, 9.17) is 23.4 Å². The van der Waals surface area contributed by atoms with Crippen LogP contribution in [0.1, 0.15) is 40.0 Å². The summed E-state index contributed by atoms with van der Waals surface area (Å²) in [6.07, 6.45) is 5.28. The standard InChI is InChI=1S/C64H45N5O.Pt/c1-64(2,3)45-37-38-65-61(39-45)69-59-34-18-33-58(68-54-29-12-10-25-51(54)52-26-11-13-30-55(52)68)62(59)53-36-35-48(41-60(53)69)70-47-24-16-23-46(40-47)66-42-67(57-32-15-14-31-56(57)66)63-49(43-19-6-4-7-20-43)27-17-28-50(63)44-21-8-5-9-22-44;/h4-39H,1-3H3;/q-2;/i4D,5D,6D,7D,8D,9D,19D,20D,21D,22D;. The van der Waals surface area contributed by atoms with Crippen molar-refractivity contribution in [3.63, 3.8) is 0 Å². The van der Waals surface area contributed by atoms with Crippen LogP contribution >= 0.6 is 0 Å². The van der Waals surface area contributed by atoms with Crippen LogP contribution in [0, 0.1) is 18.5 Å². The van der Waals surface area contributed by atoms with Gasteiger partial charge in [0.2, 0.25) is 0 Å². The average molecular weight is 1110 g/mol. The molecule has 0 aliphatic heterocycles. The molecule has 0 saturated carbocycles. The Labute approximate surface area is 440 Å². The molecule has 0 aliphatic rings. The molecule has 13 aromatic rings. The van der Waals surface area contributed by atoms with Crippen LogP contribution in [0.2, 0.25) is 0 Å². The Kier molecular flexibility index (Phi) is 8.43. The van der Waals surface area contributed by atoms with E-state index < -0.39 is 60.4 Å².